The molecule has 1 aromatic carbocycles. The summed E-state index contributed by atoms with van der Waals surface area (Å²) in [6, 6.07) is 10.5. The van der Waals surface area contributed by atoms with Gasteiger partial charge < -0.3 is 0 Å². The van der Waals surface area contributed by atoms with Crippen LogP contribution in [0.5, 0.6) is 0 Å². The maximum absolute atomic E-state index is 3.30. The fourth-order valence-corrected chi connectivity index (χ4v) is 2.73. The molecule has 1 aromatic rings. The van der Waals surface area contributed by atoms with E-state index in [0.717, 1.165) is 0 Å². The Bertz CT molecular complexity index is 308. The van der Waals surface area contributed by atoms with Crippen molar-refractivity contribution in [3.63, 3.8) is 0 Å². The van der Waals surface area contributed by atoms with Gasteiger partial charge in [0.05, 0.1) is 0 Å². The highest BCUT2D eigenvalue weighted by molar-refractivity contribution is 5.03. The second-order valence-corrected chi connectivity index (χ2v) is 6.18. The Balaban J connectivity index is 2.56. The number of hydrogen-bond acceptors (Lipinski definition) is 0. The normalized spacial score (nSPS) is 10.4. The van der Waals surface area contributed by atoms with Crippen molar-refractivity contribution in [3.8, 4) is 9.85 Å². The lowest BCUT2D eigenvalue weighted by Gasteiger charge is -2.04. The van der Waals surface area contributed by atoms with E-state index in [9.17, 15) is 0 Å². The van der Waals surface area contributed by atoms with E-state index in [1.807, 2.05) is 6.07 Å². The first-order valence-corrected chi connectivity index (χ1v) is 6.45. The lowest BCUT2D eigenvalue weighted by Crippen LogP contribution is -3.59. The van der Waals surface area contributed by atoms with Crippen LogP contribution in [-0.2, 0) is 0 Å². The van der Waals surface area contributed by atoms with Crippen molar-refractivity contribution in [1.82, 2.24) is 0 Å². The molecule has 13 heavy (non-hydrogen) atoms. The van der Waals surface area contributed by atoms with Gasteiger partial charge in [0.1, 0.15) is 0 Å². The van der Waals surface area contributed by atoms with E-state index >= 15 is 0 Å². The third-order valence-corrected chi connectivity index (χ3v) is 3.19. The minimum atomic E-state index is -0.100. The zero-order valence-electron chi connectivity index (χ0n) is 8.26. The van der Waals surface area contributed by atoms with Crippen LogP contribution >= 0.6 is 0 Å². The molecule has 0 nitrogen and oxygen atoms in total. The molecule has 0 amide bonds. The van der Waals surface area contributed by atoms with Gasteiger partial charge in [0.25, 0.3) is 0 Å². The summed E-state index contributed by atoms with van der Waals surface area (Å²) >= 11 is -0.100. The van der Waals surface area contributed by atoms with Crippen molar-refractivity contribution in [2.75, 3.05) is 0 Å². The highest BCUT2D eigenvalue weighted by Crippen LogP contribution is 2.08. The van der Waals surface area contributed by atoms with Crippen molar-refractivity contribution in [2.24, 2.45) is 5.41 Å². The number of hydrogen-bond donors (Lipinski definition) is 0. The Kier molecular flexibility index (Phi) is 3.80. The van der Waals surface area contributed by atoms with E-state index in [1.54, 1.807) is 0 Å². The molecular formula is C12H14I+. The van der Waals surface area contributed by atoms with Gasteiger partial charge in [-0.2, -0.15) is 0 Å². The summed E-state index contributed by atoms with van der Waals surface area (Å²) in [6.45, 7) is 6.44. The van der Waals surface area contributed by atoms with Crippen LogP contribution in [0.4, 0.5) is 0 Å². The molecule has 0 spiro atoms. The largest absolute Gasteiger partial charge is 0.419 e. The van der Waals surface area contributed by atoms with Crippen molar-refractivity contribution < 1.29 is 21.2 Å². The molecular weight excluding hydrogens is 271 g/mol. The summed E-state index contributed by atoms with van der Waals surface area (Å²) in [7, 11) is 0. The average molecular weight is 285 g/mol. The molecule has 68 valence electrons. The molecule has 0 bridgehead atoms. The highest BCUT2D eigenvalue weighted by Gasteiger charge is 2.09. The molecule has 0 N–H and O–H groups in total. The predicted octanol–water partition coefficient (Wildman–Crippen LogP) is -0.0478. The van der Waals surface area contributed by atoms with E-state index < -0.39 is 0 Å². The Labute approximate surface area is 91.0 Å². The topological polar surface area (TPSA) is 0 Å². The second-order valence-electron chi connectivity index (χ2n) is 3.86. The molecule has 0 heterocycles. The Morgan fingerprint density at radius 1 is 1.08 bits per heavy atom. The van der Waals surface area contributed by atoms with Crippen LogP contribution in [0.3, 0.4) is 0 Å². The molecule has 0 saturated heterocycles. The molecule has 1 heteroatoms. The smallest absolute Gasteiger partial charge is 0.0619 e. The quantitative estimate of drug-likeness (QED) is 0.501. The lowest BCUT2D eigenvalue weighted by atomic mass is 9.99. The number of halogens is 1. The van der Waals surface area contributed by atoms with Gasteiger partial charge in [0.2, 0.25) is 3.57 Å². The van der Waals surface area contributed by atoms with Gasteiger partial charge in [-0.15, -0.1) is 0 Å². The fraction of sp³-hybridized carbons (Fsp3) is 0.333. The molecule has 0 aliphatic rings. The fourth-order valence-electron chi connectivity index (χ4n) is 0.698. The van der Waals surface area contributed by atoms with Crippen LogP contribution in [0.15, 0.2) is 30.3 Å². The summed E-state index contributed by atoms with van der Waals surface area (Å²) in [4.78, 5) is 0. The summed E-state index contributed by atoms with van der Waals surface area (Å²) in [5, 5.41) is 0. The first-order chi connectivity index (χ1) is 6.08. The van der Waals surface area contributed by atoms with Gasteiger partial charge in [-0.05, 0) is 38.8 Å². The van der Waals surface area contributed by atoms with Gasteiger partial charge in [-0.3, -0.25) is 0 Å². The minimum absolute atomic E-state index is 0.100. The Morgan fingerprint density at radius 3 is 2.23 bits per heavy atom. The third-order valence-electron chi connectivity index (χ3n) is 1.31. The molecule has 0 aromatic heterocycles. The van der Waals surface area contributed by atoms with Crippen LogP contribution in [0, 0.1) is 18.8 Å². The van der Waals surface area contributed by atoms with Crippen LogP contribution in [0.1, 0.15) is 20.8 Å². The molecule has 0 aliphatic carbocycles. The maximum atomic E-state index is 3.30. The SMILES string of the molecule is CC(C)(C)C#C[I+]c1ccccc1. The monoisotopic (exact) mass is 285 g/mol. The van der Waals surface area contributed by atoms with E-state index in [0.29, 0.717) is 0 Å². The van der Waals surface area contributed by atoms with Gasteiger partial charge in [-0.1, -0.05) is 18.2 Å². The summed E-state index contributed by atoms with van der Waals surface area (Å²) in [5.41, 5.74) is 0.147. The zero-order chi connectivity index (χ0) is 9.73. The standard InChI is InChI=1S/C12H14I/c1-12(2,3)9-10-13-11-7-5-4-6-8-11/h4-8H,1-3H3/q+1. The minimum Gasteiger partial charge on any atom is -0.0619 e. The first kappa shape index (κ1) is 10.6. The van der Waals surface area contributed by atoms with E-state index in [2.05, 4.69) is 54.9 Å². The lowest BCUT2D eigenvalue weighted by molar-refractivity contribution is -0.535. The molecule has 0 saturated carbocycles. The van der Waals surface area contributed by atoms with Crippen LogP contribution in [0.2, 0.25) is 0 Å². The second kappa shape index (κ2) is 4.66. The van der Waals surface area contributed by atoms with Crippen LogP contribution < -0.4 is 21.2 Å². The molecule has 0 atom stereocenters. The van der Waals surface area contributed by atoms with E-state index in [1.165, 1.54) is 3.57 Å². The van der Waals surface area contributed by atoms with Gasteiger partial charge in [0, 0.05) is 5.41 Å². The zero-order valence-corrected chi connectivity index (χ0v) is 10.4. The van der Waals surface area contributed by atoms with Gasteiger partial charge >= 0.3 is 21.2 Å². The van der Waals surface area contributed by atoms with Gasteiger partial charge in [0.15, 0.2) is 3.93 Å². The molecule has 1 rings (SSSR count). The van der Waals surface area contributed by atoms with Gasteiger partial charge in [-0.25, -0.2) is 0 Å². The highest BCUT2D eigenvalue weighted by atomic mass is 127. The van der Waals surface area contributed by atoms with Crippen molar-refractivity contribution in [2.45, 2.75) is 20.8 Å². The maximum Gasteiger partial charge on any atom is 0.419 e. The predicted molar refractivity (Wildman–Crippen MR) is 52.4 cm³/mol. The van der Waals surface area contributed by atoms with Crippen molar-refractivity contribution in [3.05, 3.63) is 33.9 Å². The third kappa shape index (κ3) is 4.94. The van der Waals surface area contributed by atoms with Crippen molar-refractivity contribution in [1.29, 1.82) is 0 Å². The summed E-state index contributed by atoms with van der Waals surface area (Å²) in [6.07, 6.45) is 0. The summed E-state index contributed by atoms with van der Waals surface area (Å²) in [5.74, 6) is 3.27. The molecule has 0 fully saturated rings. The number of rotatable bonds is 1. The average Bonchev–Trinajstić information content (AvgIpc) is 2.04. The molecule has 0 radical (unpaired) electrons. The van der Waals surface area contributed by atoms with Crippen LogP contribution in [0.25, 0.3) is 0 Å². The van der Waals surface area contributed by atoms with E-state index in [4.69, 9.17) is 0 Å². The van der Waals surface area contributed by atoms with E-state index in [-0.39, 0.29) is 26.6 Å². The molecule has 0 unspecified atom stereocenters. The van der Waals surface area contributed by atoms with Crippen LogP contribution in [-0.4, -0.2) is 0 Å². The van der Waals surface area contributed by atoms with Crippen molar-refractivity contribution >= 4 is 0 Å². The number of benzene rings is 1. The Morgan fingerprint density at radius 2 is 1.69 bits per heavy atom. The first-order valence-electron chi connectivity index (χ1n) is 4.29. The Hall–Kier alpha value is -0.490. The summed E-state index contributed by atoms with van der Waals surface area (Å²) < 4.78 is 4.70. The molecule has 0 aliphatic heterocycles.